The lowest BCUT2D eigenvalue weighted by atomic mass is 10.0. The van der Waals surface area contributed by atoms with Crippen molar-refractivity contribution in [2.45, 2.75) is 0 Å². The molecule has 0 radical (unpaired) electrons. The van der Waals surface area contributed by atoms with Crippen molar-refractivity contribution in [3.8, 4) is 22.4 Å². The van der Waals surface area contributed by atoms with Crippen molar-refractivity contribution in [3.63, 3.8) is 0 Å². The highest BCUT2D eigenvalue weighted by atomic mass is 16.1. The van der Waals surface area contributed by atoms with Gasteiger partial charge in [-0.25, -0.2) is 9.50 Å². The molecule has 0 atom stereocenters. The van der Waals surface area contributed by atoms with Crippen molar-refractivity contribution < 1.29 is 4.79 Å². The van der Waals surface area contributed by atoms with Crippen LogP contribution in [0, 0.1) is 0 Å². The molecule has 2 aromatic carbocycles. The van der Waals surface area contributed by atoms with E-state index in [4.69, 9.17) is 0 Å². The molecule has 2 heterocycles. The van der Waals surface area contributed by atoms with Crippen LogP contribution in [-0.4, -0.2) is 52.6 Å². The number of fused-ring (bicyclic) bond motifs is 1. The molecule has 0 aliphatic heterocycles. The largest absolute Gasteiger partial charge is 0.349 e. The van der Waals surface area contributed by atoms with Crippen LogP contribution in [0.4, 0.5) is 0 Å². The van der Waals surface area contributed by atoms with Crippen LogP contribution >= 0.6 is 0 Å². The summed E-state index contributed by atoms with van der Waals surface area (Å²) in [6.07, 6.45) is 1.74. The monoisotopic (exact) mass is 385 g/mol. The van der Waals surface area contributed by atoms with Crippen molar-refractivity contribution in [2.75, 3.05) is 27.2 Å². The maximum Gasteiger partial charge on any atom is 0.271 e. The Labute approximate surface area is 169 Å². The van der Waals surface area contributed by atoms with Crippen molar-refractivity contribution >= 4 is 11.6 Å². The van der Waals surface area contributed by atoms with Crippen LogP contribution in [0.25, 0.3) is 28.0 Å². The van der Waals surface area contributed by atoms with Gasteiger partial charge in [0, 0.05) is 30.9 Å². The summed E-state index contributed by atoms with van der Waals surface area (Å²) in [5.74, 6) is -0.192. The average molecular weight is 385 g/mol. The summed E-state index contributed by atoms with van der Waals surface area (Å²) in [6.45, 7) is 1.34. The predicted octanol–water partition coefficient (Wildman–Crippen LogP) is 3.35. The van der Waals surface area contributed by atoms with E-state index in [1.54, 1.807) is 16.8 Å². The molecule has 0 saturated carbocycles. The lowest BCUT2D eigenvalue weighted by molar-refractivity contribution is 0.0946. The molecule has 4 aromatic rings. The van der Waals surface area contributed by atoms with Crippen molar-refractivity contribution in [3.05, 3.63) is 78.6 Å². The number of aromatic nitrogens is 3. The molecular formula is C23H23N5O. The van der Waals surface area contributed by atoms with Crippen LogP contribution in [-0.2, 0) is 0 Å². The standard InChI is InChI=1S/C23H23N5O/c1-27(2)15-14-25-23(29)20-16-22-24-13-12-21(28(22)26-20)19-10-8-18(9-11-19)17-6-4-3-5-7-17/h3-13,16H,14-15H2,1-2H3,(H,25,29). The number of amides is 1. The zero-order valence-corrected chi connectivity index (χ0v) is 16.5. The summed E-state index contributed by atoms with van der Waals surface area (Å²) < 4.78 is 1.72. The summed E-state index contributed by atoms with van der Waals surface area (Å²) in [5, 5.41) is 7.39. The van der Waals surface area contributed by atoms with Gasteiger partial charge in [0.1, 0.15) is 0 Å². The van der Waals surface area contributed by atoms with E-state index in [1.165, 1.54) is 5.56 Å². The first-order valence-electron chi connectivity index (χ1n) is 9.55. The van der Waals surface area contributed by atoms with E-state index >= 15 is 0 Å². The first-order valence-corrected chi connectivity index (χ1v) is 9.55. The summed E-state index contributed by atoms with van der Waals surface area (Å²) in [6, 6.07) is 22.2. The summed E-state index contributed by atoms with van der Waals surface area (Å²) in [5.41, 5.74) is 5.24. The van der Waals surface area contributed by atoms with E-state index in [9.17, 15) is 4.79 Å². The number of benzene rings is 2. The van der Waals surface area contributed by atoms with E-state index in [2.05, 4.69) is 51.8 Å². The fourth-order valence-corrected chi connectivity index (χ4v) is 3.17. The Morgan fingerprint density at radius 1 is 0.966 bits per heavy atom. The predicted molar refractivity (Wildman–Crippen MR) is 115 cm³/mol. The quantitative estimate of drug-likeness (QED) is 0.553. The summed E-state index contributed by atoms with van der Waals surface area (Å²) >= 11 is 0. The topological polar surface area (TPSA) is 62.5 Å². The Bertz CT molecular complexity index is 1120. The lowest BCUT2D eigenvalue weighted by Gasteiger charge is -2.09. The lowest BCUT2D eigenvalue weighted by Crippen LogP contribution is -2.31. The zero-order chi connectivity index (χ0) is 20.2. The highest BCUT2D eigenvalue weighted by Gasteiger charge is 2.14. The second-order valence-electron chi connectivity index (χ2n) is 7.13. The molecule has 6 nitrogen and oxygen atoms in total. The van der Waals surface area contributed by atoms with E-state index in [0.29, 0.717) is 17.9 Å². The Kier molecular flexibility index (Phi) is 5.35. The number of rotatable bonds is 6. The minimum absolute atomic E-state index is 0.192. The molecular weight excluding hydrogens is 362 g/mol. The molecule has 4 rings (SSSR count). The average Bonchev–Trinajstić information content (AvgIpc) is 3.19. The minimum Gasteiger partial charge on any atom is -0.349 e. The van der Waals surface area contributed by atoms with Gasteiger partial charge in [-0.05, 0) is 31.3 Å². The summed E-state index contributed by atoms with van der Waals surface area (Å²) in [7, 11) is 3.94. The van der Waals surface area contributed by atoms with Crippen molar-refractivity contribution in [2.24, 2.45) is 0 Å². The van der Waals surface area contributed by atoms with Gasteiger partial charge in [0.05, 0.1) is 5.69 Å². The van der Waals surface area contributed by atoms with Gasteiger partial charge in [0.2, 0.25) is 0 Å². The highest BCUT2D eigenvalue weighted by Crippen LogP contribution is 2.25. The van der Waals surface area contributed by atoms with Gasteiger partial charge < -0.3 is 10.2 Å². The Hall–Kier alpha value is -3.51. The second kappa shape index (κ2) is 8.24. The third-order valence-electron chi connectivity index (χ3n) is 4.72. The van der Waals surface area contributed by atoms with Crippen LogP contribution in [0.1, 0.15) is 10.5 Å². The Balaban J connectivity index is 1.61. The van der Waals surface area contributed by atoms with Gasteiger partial charge in [0.15, 0.2) is 11.3 Å². The van der Waals surface area contributed by atoms with E-state index in [0.717, 1.165) is 23.4 Å². The number of nitrogens with zero attached hydrogens (tertiary/aromatic N) is 4. The summed E-state index contributed by atoms with van der Waals surface area (Å²) in [4.78, 5) is 18.8. The molecule has 146 valence electrons. The van der Waals surface area contributed by atoms with E-state index < -0.39 is 0 Å². The van der Waals surface area contributed by atoms with Crippen molar-refractivity contribution in [1.29, 1.82) is 0 Å². The molecule has 2 aromatic heterocycles. The van der Waals surface area contributed by atoms with Crippen LogP contribution in [0.3, 0.4) is 0 Å². The van der Waals surface area contributed by atoms with Crippen LogP contribution in [0.5, 0.6) is 0 Å². The molecule has 1 amide bonds. The Morgan fingerprint density at radius 2 is 1.66 bits per heavy atom. The van der Waals surface area contributed by atoms with Crippen LogP contribution in [0.15, 0.2) is 72.9 Å². The maximum atomic E-state index is 12.4. The molecule has 0 fully saturated rings. The number of carbonyl (C=O) groups is 1. The zero-order valence-electron chi connectivity index (χ0n) is 16.5. The SMILES string of the molecule is CN(C)CCNC(=O)c1cc2nccc(-c3ccc(-c4ccccc4)cc3)n2n1. The van der Waals surface area contributed by atoms with Gasteiger partial charge in [-0.1, -0.05) is 54.6 Å². The van der Waals surface area contributed by atoms with Crippen LogP contribution < -0.4 is 5.32 Å². The third kappa shape index (κ3) is 4.17. The van der Waals surface area contributed by atoms with Gasteiger partial charge in [-0.3, -0.25) is 4.79 Å². The molecule has 6 heteroatoms. The molecule has 1 N–H and O–H groups in total. The number of hydrogen-bond donors (Lipinski definition) is 1. The maximum absolute atomic E-state index is 12.4. The van der Waals surface area contributed by atoms with Crippen LogP contribution in [0.2, 0.25) is 0 Å². The molecule has 0 aliphatic rings. The van der Waals surface area contributed by atoms with Crippen molar-refractivity contribution in [1.82, 2.24) is 24.8 Å². The molecule has 0 bridgehead atoms. The molecule has 29 heavy (non-hydrogen) atoms. The number of carbonyl (C=O) groups excluding carboxylic acids is 1. The van der Waals surface area contributed by atoms with Gasteiger partial charge in [-0.15, -0.1) is 0 Å². The molecule has 0 unspecified atom stereocenters. The smallest absolute Gasteiger partial charge is 0.271 e. The Morgan fingerprint density at radius 3 is 2.38 bits per heavy atom. The van der Waals surface area contributed by atoms with Gasteiger partial charge in [0.25, 0.3) is 5.91 Å². The molecule has 0 saturated heterocycles. The first-order chi connectivity index (χ1) is 14.1. The number of nitrogens with one attached hydrogen (secondary N) is 1. The highest BCUT2D eigenvalue weighted by molar-refractivity contribution is 5.93. The normalized spacial score (nSPS) is 11.1. The van der Waals surface area contributed by atoms with Gasteiger partial charge >= 0.3 is 0 Å². The molecule has 0 aliphatic carbocycles. The second-order valence-corrected chi connectivity index (χ2v) is 7.13. The van der Waals surface area contributed by atoms with E-state index in [1.807, 2.05) is 43.3 Å². The number of hydrogen-bond acceptors (Lipinski definition) is 4. The minimum atomic E-state index is -0.192. The first kappa shape index (κ1) is 18.8. The fourth-order valence-electron chi connectivity index (χ4n) is 3.17. The fraction of sp³-hybridized carbons (Fsp3) is 0.174. The van der Waals surface area contributed by atoms with Gasteiger partial charge in [-0.2, -0.15) is 5.10 Å². The third-order valence-corrected chi connectivity index (χ3v) is 4.72. The number of likely N-dealkylation sites (N-methyl/N-ethyl adjacent to an activating group) is 1. The van der Waals surface area contributed by atoms with E-state index in [-0.39, 0.29) is 5.91 Å². The molecule has 0 spiro atoms.